The number of nitrogens with zero attached hydrogens (tertiary/aromatic N) is 5. The molecule has 0 aliphatic rings. The molecule has 0 aliphatic heterocycles. The molecule has 0 bridgehead atoms. The quantitative estimate of drug-likeness (QED) is 0.545. The first kappa shape index (κ1) is 16.4. The minimum atomic E-state index is 0.564. The molecule has 0 unspecified atom stereocenters. The maximum absolute atomic E-state index is 5.89. The number of hydrogen-bond acceptors (Lipinski definition) is 7. The van der Waals surface area contributed by atoms with E-state index in [0.717, 1.165) is 43.9 Å². The van der Waals surface area contributed by atoms with Gasteiger partial charge in [0.05, 0.1) is 6.54 Å². The zero-order chi connectivity index (χ0) is 17.4. The molecule has 0 spiro atoms. The van der Waals surface area contributed by atoms with Crippen LogP contribution in [0.5, 0.6) is 0 Å². The number of hydrogen-bond donors (Lipinski definition) is 1. The molecule has 0 radical (unpaired) electrons. The normalized spacial score (nSPS) is 11.3. The molecule has 4 aromatic rings. The molecule has 9 heteroatoms. The van der Waals surface area contributed by atoms with E-state index in [1.807, 2.05) is 10.6 Å². The van der Waals surface area contributed by atoms with Gasteiger partial charge in [-0.1, -0.05) is 42.0 Å². The number of rotatable bonds is 5. The van der Waals surface area contributed by atoms with E-state index in [9.17, 15) is 0 Å². The number of aryl methyl sites for hydroxylation is 1. The topological polar surface area (TPSA) is 68.0 Å². The third-order valence-corrected chi connectivity index (χ3v) is 5.96. The lowest BCUT2D eigenvalue weighted by Crippen LogP contribution is -2.00. The Morgan fingerprint density at radius 1 is 1.24 bits per heavy atom. The van der Waals surface area contributed by atoms with Crippen LogP contribution in [0.2, 0.25) is 4.47 Å². The SMILES string of the molecule is CCc1nnc2sc(-c3cccc(NCc4cnc(Cl)s4)c3C)nn12. The van der Waals surface area contributed by atoms with Gasteiger partial charge in [0.2, 0.25) is 4.96 Å². The smallest absolute Gasteiger partial charge is 0.234 e. The largest absolute Gasteiger partial charge is 0.380 e. The third-order valence-electron chi connectivity index (χ3n) is 3.91. The molecule has 0 fully saturated rings. The van der Waals surface area contributed by atoms with Gasteiger partial charge in [0.1, 0.15) is 5.01 Å². The van der Waals surface area contributed by atoms with Crippen molar-refractivity contribution in [3.63, 3.8) is 0 Å². The Kier molecular flexibility index (Phi) is 4.41. The lowest BCUT2D eigenvalue weighted by Gasteiger charge is -2.11. The van der Waals surface area contributed by atoms with Crippen molar-refractivity contribution in [1.82, 2.24) is 24.8 Å². The summed E-state index contributed by atoms with van der Waals surface area (Å²) in [6, 6.07) is 6.19. The second-order valence-corrected chi connectivity index (χ2v) is 8.14. The summed E-state index contributed by atoms with van der Waals surface area (Å²) in [5.74, 6) is 0.881. The van der Waals surface area contributed by atoms with Crippen molar-refractivity contribution < 1.29 is 0 Å². The van der Waals surface area contributed by atoms with Crippen LogP contribution < -0.4 is 5.32 Å². The molecule has 1 N–H and O–H groups in total. The zero-order valence-corrected chi connectivity index (χ0v) is 16.0. The minimum Gasteiger partial charge on any atom is -0.380 e. The molecular formula is C16H15ClN6S2. The fourth-order valence-corrected chi connectivity index (χ4v) is 4.45. The van der Waals surface area contributed by atoms with Crippen molar-refractivity contribution in [2.24, 2.45) is 0 Å². The first-order chi connectivity index (χ1) is 12.2. The lowest BCUT2D eigenvalue weighted by molar-refractivity contribution is 0.837. The zero-order valence-electron chi connectivity index (χ0n) is 13.7. The van der Waals surface area contributed by atoms with Gasteiger partial charge in [-0.2, -0.15) is 9.61 Å². The van der Waals surface area contributed by atoms with Crippen molar-refractivity contribution in [2.75, 3.05) is 5.32 Å². The van der Waals surface area contributed by atoms with Crippen molar-refractivity contribution in [1.29, 1.82) is 0 Å². The molecule has 0 amide bonds. The number of halogens is 1. The first-order valence-electron chi connectivity index (χ1n) is 7.81. The highest BCUT2D eigenvalue weighted by molar-refractivity contribution is 7.19. The van der Waals surface area contributed by atoms with Crippen LogP contribution in [0, 0.1) is 6.92 Å². The van der Waals surface area contributed by atoms with Crippen molar-refractivity contribution in [2.45, 2.75) is 26.8 Å². The van der Waals surface area contributed by atoms with Gasteiger partial charge < -0.3 is 5.32 Å². The highest BCUT2D eigenvalue weighted by atomic mass is 35.5. The fraction of sp³-hybridized carbons (Fsp3) is 0.250. The predicted octanol–water partition coefficient (Wildman–Crippen LogP) is 4.45. The summed E-state index contributed by atoms with van der Waals surface area (Å²) in [4.78, 5) is 5.99. The molecule has 128 valence electrons. The maximum Gasteiger partial charge on any atom is 0.234 e. The third kappa shape index (κ3) is 3.12. The van der Waals surface area contributed by atoms with Gasteiger partial charge in [0, 0.05) is 28.7 Å². The van der Waals surface area contributed by atoms with Crippen LogP contribution in [-0.4, -0.2) is 24.8 Å². The monoisotopic (exact) mass is 390 g/mol. The lowest BCUT2D eigenvalue weighted by atomic mass is 10.1. The van der Waals surface area contributed by atoms with E-state index >= 15 is 0 Å². The molecule has 1 aromatic carbocycles. The summed E-state index contributed by atoms with van der Waals surface area (Å²) >= 11 is 8.93. The fourth-order valence-electron chi connectivity index (χ4n) is 2.59. The van der Waals surface area contributed by atoms with E-state index < -0.39 is 0 Å². The predicted molar refractivity (Wildman–Crippen MR) is 103 cm³/mol. The number of benzene rings is 1. The Morgan fingerprint density at radius 2 is 2.12 bits per heavy atom. The first-order valence-corrected chi connectivity index (χ1v) is 9.82. The van der Waals surface area contributed by atoms with Gasteiger partial charge in [0.15, 0.2) is 10.3 Å². The Balaban J connectivity index is 1.64. The highest BCUT2D eigenvalue weighted by Crippen LogP contribution is 2.32. The molecule has 0 saturated carbocycles. The van der Waals surface area contributed by atoms with Gasteiger partial charge in [-0.15, -0.1) is 21.5 Å². The maximum atomic E-state index is 5.89. The van der Waals surface area contributed by atoms with Gasteiger partial charge >= 0.3 is 0 Å². The summed E-state index contributed by atoms with van der Waals surface area (Å²) in [6.45, 7) is 4.84. The molecule has 3 heterocycles. The van der Waals surface area contributed by atoms with Crippen LogP contribution in [0.4, 0.5) is 5.69 Å². The molecular weight excluding hydrogens is 376 g/mol. The summed E-state index contributed by atoms with van der Waals surface area (Å²) in [7, 11) is 0. The van der Waals surface area contributed by atoms with E-state index in [-0.39, 0.29) is 0 Å². The Labute approximate surface area is 157 Å². The van der Waals surface area contributed by atoms with Gasteiger partial charge in [-0.05, 0) is 18.6 Å². The van der Waals surface area contributed by atoms with Gasteiger partial charge in [0.25, 0.3) is 0 Å². The van der Waals surface area contributed by atoms with E-state index in [0.29, 0.717) is 11.0 Å². The molecule has 25 heavy (non-hydrogen) atoms. The number of aromatic nitrogens is 5. The van der Waals surface area contributed by atoms with Crippen LogP contribution >= 0.6 is 34.3 Å². The summed E-state index contributed by atoms with van der Waals surface area (Å²) in [5.41, 5.74) is 3.33. The van der Waals surface area contributed by atoms with Crippen molar-refractivity contribution in [3.05, 3.63) is 45.1 Å². The molecule has 0 aliphatic carbocycles. The number of thiazole rings is 1. The standard InChI is InChI=1S/C16H15ClN6S2/c1-3-13-20-21-16-23(13)22-14(25-16)11-5-4-6-12(9(11)2)18-7-10-8-19-15(17)24-10/h4-6,8,18H,3,7H2,1-2H3. The molecule has 0 saturated heterocycles. The van der Waals surface area contributed by atoms with Crippen LogP contribution in [0.3, 0.4) is 0 Å². The molecule has 4 rings (SSSR count). The second-order valence-electron chi connectivity index (χ2n) is 5.48. The molecule has 0 atom stereocenters. The Morgan fingerprint density at radius 3 is 2.88 bits per heavy atom. The van der Waals surface area contributed by atoms with E-state index in [1.165, 1.54) is 11.3 Å². The number of nitrogens with one attached hydrogen (secondary N) is 1. The van der Waals surface area contributed by atoms with Crippen LogP contribution in [0.15, 0.2) is 24.4 Å². The average Bonchev–Trinajstić information content (AvgIpc) is 3.29. The van der Waals surface area contributed by atoms with E-state index in [2.05, 4.69) is 46.5 Å². The van der Waals surface area contributed by atoms with Crippen molar-refractivity contribution >= 4 is 44.9 Å². The van der Waals surface area contributed by atoms with Gasteiger partial charge in [-0.25, -0.2) is 4.98 Å². The van der Waals surface area contributed by atoms with Crippen LogP contribution in [0.25, 0.3) is 15.5 Å². The van der Waals surface area contributed by atoms with E-state index in [4.69, 9.17) is 16.7 Å². The van der Waals surface area contributed by atoms with Crippen LogP contribution in [-0.2, 0) is 13.0 Å². The molecule has 6 nitrogen and oxygen atoms in total. The second kappa shape index (κ2) is 6.70. The number of fused-ring (bicyclic) bond motifs is 1. The molecule has 3 aromatic heterocycles. The summed E-state index contributed by atoms with van der Waals surface area (Å²) < 4.78 is 2.40. The Bertz CT molecular complexity index is 1030. The van der Waals surface area contributed by atoms with Gasteiger partial charge in [-0.3, -0.25) is 0 Å². The summed E-state index contributed by atoms with van der Waals surface area (Å²) in [5, 5.41) is 17.4. The van der Waals surface area contributed by atoms with Crippen LogP contribution in [0.1, 0.15) is 23.2 Å². The van der Waals surface area contributed by atoms with Crippen molar-refractivity contribution in [3.8, 4) is 10.6 Å². The summed E-state index contributed by atoms with van der Waals surface area (Å²) in [6.07, 6.45) is 2.61. The Hall–Kier alpha value is -2.03. The average molecular weight is 391 g/mol. The van der Waals surface area contributed by atoms with E-state index in [1.54, 1.807) is 17.5 Å². The minimum absolute atomic E-state index is 0.564. The number of anilines is 1. The highest BCUT2D eigenvalue weighted by Gasteiger charge is 2.14.